The first-order valence-corrected chi connectivity index (χ1v) is 8.56. The molecule has 2 aromatic rings. The van der Waals surface area contributed by atoms with Gasteiger partial charge in [-0.25, -0.2) is 0 Å². The number of ketones is 1. The van der Waals surface area contributed by atoms with Gasteiger partial charge in [0.15, 0.2) is 0 Å². The van der Waals surface area contributed by atoms with Gasteiger partial charge in [0.1, 0.15) is 5.78 Å². The van der Waals surface area contributed by atoms with Crippen molar-refractivity contribution in [2.45, 2.75) is 40.5 Å². The van der Waals surface area contributed by atoms with Crippen molar-refractivity contribution in [2.75, 3.05) is 5.32 Å². The Labute approximate surface area is 149 Å². The first-order chi connectivity index (χ1) is 11.5. The quantitative estimate of drug-likeness (QED) is 0.783. The Kier molecular flexibility index (Phi) is 8.20. The van der Waals surface area contributed by atoms with Crippen LogP contribution in [0.2, 0.25) is 5.02 Å². The van der Waals surface area contributed by atoms with Gasteiger partial charge in [0, 0.05) is 18.5 Å². The van der Waals surface area contributed by atoms with Crippen LogP contribution in [0.1, 0.15) is 48.7 Å². The standard InChI is InChI=1S/C18H18ClNO2.C2H6/c1-3-15(21)11-13-5-4-6-16(19)17(13)18(22)20-14-9-7-12(2)8-10-14;1-2/h4-10H,3,11H2,1-2H3,(H,20,22);1-2H3. The van der Waals surface area contributed by atoms with E-state index in [2.05, 4.69) is 5.32 Å². The Morgan fingerprint density at radius 1 is 1.04 bits per heavy atom. The molecule has 0 aliphatic rings. The molecule has 0 atom stereocenters. The van der Waals surface area contributed by atoms with Gasteiger partial charge in [-0.1, -0.05) is 62.2 Å². The zero-order valence-corrected chi connectivity index (χ0v) is 15.4. The van der Waals surface area contributed by atoms with E-state index < -0.39 is 0 Å². The molecule has 1 amide bonds. The van der Waals surface area contributed by atoms with E-state index in [1.165, 1.54) is 0 Å². The smallest absolute Gasteiger partial charge is 0.257 e. The van der Waals surface area contributed by atoms with E-state index in [4.69, 9.17) is 11.6 Å². The molecule has 2 aromatic carbocycles. The molecule has 4 heteroatoms. The van der Waals surface area contributed by atoms with Gasteiger partial charge in [-0.2, -0.15) is 0 Å². The van der Waals surface area contributed by atoms with Crippen LogP contribution in [0.25, 0.3) is 0 Å². The molecule has 0 unspecified atom stereocenters. The van der Waals surface area contributed by atoms with Gasteiger partial charge >= 0.3 is 0 Å². The second-order valence-corrected chi connectivity index (χ2v) is 5.57. The predicted molar refractivity (Wildman–Crippen MR) is 101 cm³/mol. The fourth-order valence-electron chi connectivity index (χ4n) is 2.14. The third kappa shape index (κ3) is 5.50. The first-order valence-electron chi connectivity index (χ1n) is 8.18. The summed E-state index contributed by atoms with van der Waals surface area (Å²) in [7, 11) is 0. The summed E-state index contributed by atoms with van der Waals surface area (Å²) < 4.78 is 0. The van der Waals surface area contributed by atoms with E-state index in [1.807, 2.05) is 45.0 Å². The molecule has 0 aliphatic carbocycles. The number of aryl methyl sites for hydroxylation is 1. The second kappa shape index (κ2) is 9.89. The highest BCUT2D eigenvalue weighted by molar-refractivity contribution is 6.34. The van der Waals surface area contributed by atoms with E-state index in [0.717, 1.165) is 5.56 Å². The van der Waals surface area contributed by atoms with Gasteiger partial charge in [0.25, 0.3) is 5.91 Å². The molecule has 0 bridgehead atoms. The largest absolute Gasteiger partial charge is 0.322 e. The molecule has 0 aromatic heterocycles. The number of hydrogen-bond acceptors (Lipinski definition) is 2. The third-order valence-corrected chi connectivity index (χ3v) is 3.73. The summed E-state index contributed by atoms with van der Waals surface area (Å²) in [5.74, 6) is -0.222. The summed E-state index contributed by atoms with van der Waals surface area (Å²) in [4.78, 5) is 24.2. The average molecular weight is 346 g/mol. The van der Waals surface area contributed by atoms with E-state index in [1.54, 1.807) is 25.1 Å². The van der Waals surface area contributed by atoms with Crippen LogP contribution >= 0.6 is 11.6 Å². The van der Waals surface area contributed by atoms with Crippen LogP contribution in [-0.2, 0) is 11.2 Å². The van der Waals surface area contributed by atoms with Crippen LogP contribution < -0.4 is 5.32 Å². The summed E-state index contributed by atoms with van der Waals surface area (Å²) in [6, 6.07) is 12.7. The van der Waals surface area contributed by atoms with Crippen molar-refractivity contribution in [1.29, 1.82) is 0 Å². The van der Waals surface area contributed by atoms with Crippen LogP contribution in [0, 0.1) is 6.92 Å². The van der Waals surface area contributed by atoms with Crippen molar-refractivity contribution in [3.8, 4) is 0 Å². The Morgan fingerprint density at radius 3 is 2.25 bits per heavy atom. The molecule has 0 saturated carbocycles. The Hall–Kier alpha value is -2.13. The van der Waals surface area contributed by atoms with Gasteiger partial charge in [-0.05, 0) is 30.7 Å². The number of benzene rings is 2. The summed E-state index contributed by atoms with van der Waals surface area (Å²) >= 11 is 6.17. The maximum atomic E-state index is 12.5. The molecule has 0 radical (unpaired) electrons. The molecule has 0 aliphatic heterocycles. The number of carbonyl (C=O) groups is 2. The van der Waals surface area contributed by atoms with Gasteiger partial charge in [-0.3, -0.25) is 9.59 Å². The summed E-state index contributed by atoms with van der Waals surface area (Å²) in [5.41, 5.74) is 2.84. The minimum atomic E-state index is -0.298. The van der Waals surface area contributed by atoms with Crippen molar-refractivity contribution in [2.24, 2.45) is 0 Å². The maximum absolute atomic E-state index is 12.5. The average Bonchev–Trinajstić information content (AvgIpc) is 2.58. The number of amides is 1. The lowest BCUT2D eigenvalue weighted by Crippen LogP contribution is -2.16. The molecule has 0 saturated heterocycles. The highest BCUT2D eigenvalue weighted by Crippen LogP contribution is 2.23. The number of anilines is 1. The number of hydrogen-bond donors (Lipinski definition) is 1. The first kappa shape index (κ1) is 19.9. The highest BCUT2D eigenvalue weighted by atomic mass is 35.5. The van der Waals surface area contributed by atoms with Crippen molar-refractivity contribution in [1.82, 2.24) is 0 Å². The topological polar surface area (TPSA) is 46.2 Å². The number of rotatable bonds is 5. The molecule has 1 N–H and O–H groups in total. The van der Waals surface area contributed by atoms with Gasteiger partial charge in [0.05, 0.1) is 10.6 Å². The zero-order valence-electron chi connectivity index (χ0n) is 14.7. The van der Waals surface area contributed by atoms with Gasteiger partial charge in [-0.15, -0.1) is 0 Å². The SMILES string of the molecule is CC.CCC(=O)Cc1cccc(Cl)c1C(=O)Nc1ccc(C)cc1. The molecule has 2 rings (SSSR count). The Morgan fingerprint density at radius 2 is 1.67 bits per heavy atom. The predicted octanol–water partition coefficient (Wildman–Crippen LogP) is 5.45. The van der Waals surface area contributed by atoms with E-state index in [-0.39, 0.29) is 18.1 Å². The lowest BCUT2D eigenvalue weighted by Gasteiger charge is -2.11. The molecule has 0 heterocycles. The normalized spacial score (nSPS) is 9.71. The van der Waals surface area contributed by atoms with Crippen molar-refractivity contribution < 1.29 is 9.59 Å². The summed E-state index contributed by atoms with van der Waals surface area (Å²) in [6.45, 7) is 7.78. The molecular formula is C20H24ClNO2. The van der Waals surface area contributed by atoms with Crippen LogP contribution in [0.4, 0.5) is 5.69 Å². The minimum absolute atomic E-state index is 0.0756. The Bertz CT molecular complexity index is 693. The molecular weight excluding hydrogens is 322 g/mol. The van der Waals surface area contributed by atoms with Crippen molar-refractivity contribution >= 4 is 29.0 Å². The van der Waals surface area contributed by atoms with E-state index >= 15 is 0 Å². The van der Waals surface area contributed by atoms with Crippen molar-refractivity contribution in [3.63, 3.8) is 0 Å². The lowest BCUT2D eigenvalue weighted by atomic mass is 10.0. The Balaban J connectivity index is 0.00000139. The fourth-order valence-corrected chi connectivity index (χ4v) is 2.42. The van der Waals surface area contributed by atoms with Crippen LogP contribution in [-0.4, -0.2) is 11.7 Å². The maximum Gasteiger partial charge on any atom is 0.257 e. The fraction of sp³-hybridized carbons (Fsp3) is 0.300. The minimum Gasteiger partial charge on any atom is -0.322 e. The van der Waals surface area contributed by atoms with Crippen molar-refractivity contribution in [3.05, 3.63) is 64.2 Å². The second-order valence-electron chi connectivity index (χ2n) is 5.16. The molecule has 0 spiro atoms. The zero-order chi connectivity index (χ0) is 18.1. The van der Waals surface area contributed by atoms with Gasteiger partial charge in [0.2, 0.25) is 0 Å². The van der Waals surface area contributed by atoms with Crippen LogP contribution in [0.15, 0.2) is 42.5 Å². The number of Topliss-reactive ketones (excluding diaryl/α,β-unsaturated/α-hetero) is 1. The van der Waals surface area contributed by atoms with E-state index in [0.29, 0.717) is 28.3 Å². The summed E-state index contributed by atoms with van der Waals surface area (Å²) in [6.07, 6.45) is 0.652. The third-order valence-electron chi connectivity index (χ3n) is 3.42. The monoisotopic (exact) mass is 345 g/mol. The molecule has 24 heavy (non-hydrogen) atoms. The van der Waals surface area contributed by atoms with Gasteiger partial charge < -0.3 is 5.32 Å². The van der Waals surface area contributed by atoms with Crippen LogP contribution in [0.5, 0.6) is 0 Å². The molecule has 0 fully saturated rings. The number of carbonyl (C=O) groups excluding carboxylic acids is 2. The molecule has 128 valence electrons. The van der Waals surface area contributed by atoms with Crippen LogP contribution in [0.3, 0.4) is 0 Å². The number of halogens is 1. The van der Waals surface area contributed by atoms with E-state index in [9.17, 15) is 9.59 Å². The molecule has 3 nitrogen and oxygen atoms in total. The highest BCUT2D eigenvalue weighted by Gasteiger charge is 2.17. The number of nitrogens with one attached hydrogen (secondary N) is 1. The lowest BCUT2D eigenvalue weighted by molar-refractivity contribution is -0.118. The summed E-state index contributed by atoms with van der Waals surface area (Å²) in [5, 5.41) is 3.18.